The number of aliphatic hydroxyl groups is 1. The summed E-state index contributed by atoms with van der Waals surface area (Å²) in [4.78, 5) is 9.02. The highest BCUT2D eigenvalue weighted by Gasteiger charge is 2.07. The molecule has 0 fully saturated rings. The topological polar surface area (TPSA) is 70.1 Å². The van der Waals surface area contributed by atoms with Gasteiger partial charge in [0.1, 0.15) is 5.82 Å². The number of aliphatic hydroxyl groups excluding tert-OH is 1. The summed E-state index contributed by atoms with van der Waals surface area (Å²) in [6, 6.07) is 17.9. The van der Waals surface area contributed by atoms with Crippen LogP contribution >= 0.6 is 15.9 Å². The molecule has 0 unspecified atom stereocenters. The number of nitrogens with one attached hydrogen (secondary N) is 2. The number of nitrogens with zero attached hydrogens (tertiary/aromatic N) is 2. The number of hydrogen-bond donors (Lipinski definition) is 3. The third kappa shape index (κ3) is 4.55. The maximum atomic E-state index is 9.04. The minimum Gasteiger partial charge on any atom is -0.395 e. The molecule has 5 nitrogen and oxygen atoms in total. The van der Waals surface area contributed by atoms with Gasteiger partial charge in [0, 0.05) is 28.3 Å². The van der Waals surface area contributed by atoms with Crippen LogP contribution in [0, 0.1) is 6.92 Å². The molecule has 0 aliphatic rings. The number of benzene rings is 2. The smallest absolute Gasteiger partial charge is 0.225 e. The fourth-order valence-electron chi connectivity index (χ4n) is 2.39. The summed E-state index contributed by atoms with van der Waals surface area (Å²) in [7, 11) is 0. The molecule has 1 heterocycles. The van der Waals surface area contributed by atoms with Crippen LogP contribution in [0.5, 0.6) is 0 Å². The lowest BCUT2D eigenvalue weighted by Gasteiger charge is -2.12. The third-order valence-electron chi connectivity index (χ3n) is 3.62. The molecule has 0 radical (unpaired) electrons. The van der Waals surface area contributed by atoms with Crippen LogP contribution in [0.3, 0.4) is 0 Å². The van der Waals surface area contributed by atoms with E-state index in [1.165, 1.54) is 0 Å². The Kier molecular flexibility index (Phi) is 5.63. The second kappa shape index (κ2) is 8.09. The van der Waals surface area contributed by atoms with Gasteiger partial charge in [-0.3, -0.25) is 0 Å². The van der Waals surface area contributed by atoms with E-state index < -0.39 is 0 Å². The zero-order chi connectivity index (χ0) is 17.6. The maximum Gasteiger partial charge on any atom is 0.225 e. The molecule has 0 atom stereocenters. The van der Waals surface area contributed by atoms with E-state index in [1.54, 1.807) is 0 Å². The molecular weight excluding hydrogens is 380 g/mol. The highest BCUT2D eigenvalue weighted by molar-refractivity contribution is 9.10. The van der Waals surface area contributed by atoms with Crippen molar-refractivity contribution in [2.24, 2.45) is 0 Å². The highest BCUT2D eigenvalue weighted by Crippen LogP contribution is 2.25. The first-order chi connectivity index (χ1) is 12.2. The average Bonchev–Trinajstić information content (AvgIpc) is 2.63. The SMILES string of the molecule is Cc1cc(Nc2cc(-c3ccccc3)nc(NCCO)n2)ccc1Br. The Labute approximate surface area is 155 Å². The molecule has 3 rings (SSSR count). The lowest BCUT2D eigenvalue weighted by Crippen LogP contribution is -2.10. The van der Waals surface area contributed by atoms with Crippen LogP contribution in [0.4, 0.5) is 17.5 Å². The fourth-order valence-corrected chi connectivity index (χ4v) is 2.63. The average molecular weight is 399 g/mol. The van der Waals surface area contributed by atoms with E-state index in [2.05, 4.69) is 42.6 Å². The van der Waals surface area contributed by atoms with Gasteiger partial charge in [-0.25, -0.2) is 4.98 Å². The van der Waals surface area contributed by atoms with Crippen LogP contribution in [0.15, 0.2) is 59.1 Å². The van der Waals surface area contributed by atoms with Crippen molar-refractivity contribution in [3.8, 4) is 11.3 Å². The summed E-state index contributed by atoms with van der Waals surface area (Å²) in [5, 5.41) is 15.4. The van der Waals surface area contributed by atoms with Crippen molar-refractivity contribution in [2.45, 2.75) is 6.92 Å². The zero-order valence-electron chi connectivity index (χ0n) is 13.8. The summed E-state index contributed by atoms with van der Waals surface area (Å²) in [6.07, 6.45) is 0. The Bertz CT molecular complexity index is 855. The molecule has 0 saturated carbocycles. The molecule has 0 aliphatic carbocycles. The standard InChI is InChI=1S/C19H19BrN4O/c1-13-11-15(7-8-16(13)20)22-18-12-17(14-5-3-2-4-6-14)23-19(24-18)21-9-10-25/h2-8,11-12,25H,9-10H2,1H3,(H2,21,22,23,24). The van der Waals surface area contributed by atoms with Crippen molar-refractivity contribution >= 4 is 33.4 Å². The second-order valence-corrected chi connectivity index (χ2v) is 6.42. The molecule has 1 aromatic heterocycles. The van der Waals surface area contributed by atoms with Gasteiger partial charge in [-0.05, 0) is 30.7 Å². The molecule has 128 valence electrons. The number of aryl methyl sites for hydroxylation is 1. The molecule has 2 aromatic carbocycles. The van der Waals surface area contributed by atoms with E-state index in [1.807, 2.05) is 55.5 Å². The molecule has 3 aromatic rings. The third-order valence-corrected chi connectivity index (χ3v) is 4.51. The lowest BCUT2D eigenvalue weighted by atomic mass is 10.1. The van der Waals surface area contributed by atoms with Crippen molar-refractivity contribution < 1.29 is 5.11 Å². The van der Waals surface area contributed by atoms with Crippen molar-refractivity contribution in [1.82, 2.24) is 9.97 Å². The Morgan fingerprint density at radius 3 is 2.56 bits per heavy atom. The Balaban J connectivity index is 1.95. The summed E-state index contributed by atoms with van der Waals surface area (Å²) in [5.41, 5.74) is 3.91. The van der Waals surface area contributed by atoms with Gasteiger partial charge in [-0.1, -0.05) is 46.3 Å². The first-order valence-corrected chi connectivity index (χ1v) is 8.77. The predicted molar refractivity (Wildman–Crippen MR) is 105 cm³/mol. The molecule has 0 saturated heterocycles. The van der Waals surface area contributed by atoms with Crippen LogP contribution in [0.1, 0.15) is 5.56 Å². The van der Waals surface area contributed by atoms with Crippen molar-refractivity contribution in [3.05, 3.63) is 64.6 Å². The van der Waals surface area contributed by atoms with Crippen LogP contribution < -0.4 is 10.6 Å². The van der Waals surface area contributed by atoms with E-state index in [9.17, 15) is 0 Å². The monoisotopic (exact) mass is 398 g/mol. The van der Waals surface area contributed by atoms with E-state index in [-0.39, 0.29) is 6.61 Å². The van der Waals surface area contributed by atoms with Gasteiger partial charge in [-0.15, -0.1) is 0 Å². The highest BCUT2D eigenvalue weighted by atomic mass is 79.9. The molecule has 3 N–H and O–H groups in total. The summed E-state index contributed by atoms with van der Waals surface area (Å²) >= 11 is 3.51. The first kappa shape index (κ1) is 17.4. The molecular formula is C19H19BrN4O. The minimum atomic E-state index is 0.0214. The maximum absolute atomic E-state index is 9.04. The van der Waals surface area contributed by atoms with Crippen molar-refractivity contribution in [1.29, 1.82) is 0 Å². The second-order valence-electron chi connectivity index (χ2n) is 5.57. The fraction of sp³-hybridized carbons (Fsp3) is 0.158. The quantitative estimate of drug-likeness (QED) is 0.575. The Morgan fingerprint density at radius 1 is 1.04 bits per heavy atom. The minimum absolute atomic E-state index is 0.0214. The van der Waals surface area contributed by atoms with E-state index in [4.69, 9.17) is 5.11 Å². The largest absolute Gasteiger partial charge is 0.395 e. The molecule has 0 bridgehead atoms. The van der Waals surface area contributed by atoms with Crippen molar-refractivity contribution in [2.75, 3.05) is 23.8 Å². The summed E-state index contributed by atoms with van der Waals surface area (Å²) in [5.74, 6) is 1.17. The first-order valence-electron chi connectivity index (χ1n) is 7.98. The number of halogens is 1. The molecule has 0 amide bonds. The van der Waals surface area contributed by atoms with Gasteiger partial charge < -0.3 is 15.7 Å². The summed E-state index contributed by atoms with van der Waals surface area (Å²) in [6.45, 7) is 2.46. The summed E-state index contributed by atoms with van der Waals surface area (Å²) < 4.78 is 1.07. The van der Waals surface area contributed by atoms with E-state index in [0.29, 0.717) is 18.3 Å². The van der Waals surface area contributed by atoms with Gasteiger partial charge in [0.15, 0.2) is 0 Å². The molecule has 25 heavy (non-hydrogen) atoms. The van der Waals surface area contributed by atoms with Gasteiger partial charge in [0.2, 0.25) is 5.95 Å². The predicted octanol–water partition coefficient (Wildman–Crippen LogP) is 4.36. The van der Waals surface area contributed by atoms with Crippen LogP contribution in [0.2, 0.25) is 0 Å². The number of rotatable bonds is 6. The Morgan fingerprint density at radius 2 is 1.84 bits per heavy atom. The number of hydrogen-bond acceptors (Lipinski definition) is 5. The van der Waals surface area contributed by atoms with Crippen LogP contribution in [-0.2, 0) is 0 Å². The van der Waals surface area contributed by atoms with Gasteiger partial charge in [-0.2, -0.15) is 4.98 Å². The van der Waals surface area contributed by atoms with Crippen molar-refractivity contribution in [3.63, 3.8) is 0 Å². The molecule has 0 aliphatic heterocycles. The number of aromatic nitrogens is 2. The Hall–Kier alpha value is -2.44. The lowest BCUT2D eigenvalue weighted by molar-refractivity contribution is 0.311. The van der Waals surface area contributed by atoms with Gasteiger partial charge in [0.25, 0.3) is 0 Å². The van der Waals surface area contributed by atoms with E-state index in [0.717, 1.165) is 27.0 Å². The van der Waals surface area contributed by atoms with Crippen LogP contribution in [0.25, 0.3) is 11.3 Å². The van der Waals surface area contributed by atoms with Crippen LogP contribution in [-0.4, -0.2) is 28.2 Å². The van der Waals surface area contributed by atoms with Gasteiger partial charge in [0.05, 0.1) is 12.3 Å². The van der Waals surface area contributed by atoms with Gasteiger partial charge >= 0.3 is 0 Å². The zero-order valence-corrected chi connectivity index (χ0v) is 15.4. The molecule has 6 heteroatoms. The normalized spacial score (nSPS) is 10.5. The van der Waals surface area contributed by atoms with E-state index >= 15 is 0 Å². The molecule has 0 spiro atoms. The number of anilines is 3.